The van der Waals surface area contributed by atoms with E-state index >= 15 is 0 Å². The fourth-order valence-electron chi connectivity index (χ4n) is 2.12. The minimum absolute atomic E-state index is 0.152. The first-order valence-corrected chi connectivity index (χ1v) is 8.15. The van der Waals surface area contributed by atoms with Crippen LogP contribution in [0.3, 0.4) is 0 Å². The Morgan fingerprint density at radius 3 is 2.62 bits per heavy atom. The van der Waals surface area contributed by atoms with Gasteiger partial charge in [-0.25, -0.2) is 5.43 Å². The number of allylic oxidation sites excluding steroid dienone is 1. The van der Waals surface area contributed by atoms with Gasteiger partial charge in [-0.1, -0.05) is 42.5 Å². The first kappa shape index (κ1) is 16.3. The average molecular weight is 387 g/mol. The molecule has 1 aliphatic heterocycles. The predicted octanol–water partition coefficient (Wildman–Crippen LogP) is 3.36. The molecule has 0 saturated heterocycles. The van der Waals surface area contributed by atoms with Crippen molar-refractivity contribution in [3.05, 3.63) is 64.6 Å². The van der Waals surface area contributed by atoms with Crippen molar-refractivity contribution in [1.82, 2.24) is 5.43 Å². The summed E-state index contributed by atoms with van der Waals surface area (Å²) in [6.07, 6.45) is 2.68. The fraction of sp³-hybridized carbons (Fsp3) is 0.111. The van der Waals surface area contributed by atoms with Crippen LogP contribution >= 0.6 is 15.9 Å². The number of carbonyl (C=O) groups excluding carboxylic acids is 1. The molecule has 0 fully saturated rings. The van der Waals surface area contributed by atoms with E-state index in [1.54, 1.807) is 12.1 Å². The molecule has 0 aliphatic carbocycles. The van der Waals surface area contributed by atoms with Gasteiger partial charge in [-0.15, -0.1) is 0 Å². The maximum atomic E-state index is 12.1. The topological polar surface area (TPSA) is 59.9 Å². The van der Waals surface area contributed by atoms with Gasteiger partial charge < -0.3 is 9.47 Å². The SMILES string of the molecule is O=C(N/N=C\C(Br)=C\c1ccccc1)[C@@H]1COc2ccccc2O1. The Kier molecular flexibility index (Phi) is 5.28. The van der Waals surface area contributed by atoms with Crippen molar-refractivity contribution < 1.29 is 14.3 Å². The number of hydrogen-bond donors (Lipinski definition) is 1. The normalized spacial score (nSPS) is 16.9. The zero-order valence-corrected chi connectivity index (χ0v) is 14.3. The summed E-state index contributed by atoms with van der Waals surface area (Å²) in [5.41, 5.74) is 3.48. The molecule has 0 unspecified atom stereocenters. The van der Waals surface area contributed by atoms with Crippen molar-refractivity contribution in [2.24, 2.45) is 5.10 Å². The fourth-order valence-corrected chi connectivity index (χ4v) is 2.49. The second-order valence-corrected chi connectivity index (χ2v) is 5.95. The summed E-state index contributed by atoms with van der Waals surface area (Å²) in [5.74, 6) is 0.831. The van der Waals surface area contributed by atoms with E-state index in [0.29, 0.717) is 11.5 Å². The van der Waals surface area contributed by atoms with Crippen molar-refractivity contribution in [3.63, 3.8) is 0 Å². The molecule has 5 nitrogen and oxygen atoms in total. The third-order valence-corrected chi connectivity index (χ3v) is 3.70. The summed E-state index contributed by atoms with van der Waals surface area (Å²) in [6.45, 7) is 0.152. The maximum Gasteiger partial charge on any atom is 0.284 e. The summed E-state index contributed by atoms with van der Waals surface area (Å²) >= 11 is 3.39. The summed E-state index contributed by atoms with van der Waals surface area (Å²) in [7, 11) is 0. The first-order valence-electron chi connectivity index (χ1n) is 7.36. The molecule has 1 heterocycles. The smallest absolute Gasteiger partial charge is 0.284 e. The molecule has 1 N–H and O–H groups in total. The number of nitrogens with one attached hydrogen (secondary N) is 1. The molecule has 0 radical (unpaired) electrons. The van der Waals surface area contributed by atoms with Crippen LogP contribution in [-0.2, 0) is 4.79 Å². The lowest BCUT2D eigenvalue weighted by Crippen LogP contribution is -2.42. The van der Waals surface area contributed by atoms with Crippen molar-refractivity contribution in [3.8, 4) is 11.5 Å². The van der Waals surface area contributed by atoms with Gasteiger partial charge >= 0.3 is 0 Å². The Hall–Kier alpha value is -2.60. The number of amides is 1. The van der Waals surface area contributed by atoms with Crippen LogP contribution in [0.2, 0.25) is 0 Å². The zero-order valence-electron chi connectivity index (χ0n) is 12.7. The molecule has 1 atom stereocenters. The highest BCUT2D eigenvalue weighted by atomic mass is 79.9. The van der Waals surface area contributed by atoms with Gasteiger partial charge in [-0.3, -0.25) is 4.79 Å². The zero-order chi connectivity index (χ0) is 16.8. The van der Waals surface area contributed by atoms with Crippen LogP contribution in [0.15, 0.2) is 64.2 Å². The van der Waals surface area contributed by atoms with E-state index in [9.17, 15) is 4.79 Å². The highest BCUT2D eigenvalue weighted by Crippen LogP contribution is 2.30. The number of benzene rings is 2. The number of fused-ring (bicyclic) bond motifs is 1. The lowest BCUT2D eigenvalue weighted by atomic mass is 10.2. The third kappa shape index (κ3) is 4.23. The van der Waals surface area contributed by atoms with Crippen molar-refractivity contribution in [2.45, 2.75) is 6.10 Å². The molecule has 6 heteroatoms. The van der Waals surface area contributed by atoms with Crippen molar-refractivity contribution in [1.29, 1.82) is 0 Å². The van der Waals surface area contributed by atoms with E-state index in [2.05, 4.69) is 26.5 Å². The number of rotatable bonds is 4. The van der Waals surface area contributed by atoms with E-state index in [1.807, 2.05) is 48.5 Å². The molecule has 1 amide bonds. The molecular formula is C18H15BrN2O3. The summed E-state index contributed by atoms with van der Waals surface area (Å²) < 4.78 is 11.9. The molecule has 0 aromatic heterocycles. The van der Waals surface area contributed by atoms with Crippen molar-refractivity contribution in [2.75, 3.05) is 6.61 Å². The molecule has 2 aromatic rings. The second-order valence-electron chi connectivity index (χ2n) is 5.04. The summed E-state index contributed by atoms with van der Waals surface area (Å²) in [5, 5.41) is 3.92. The van der Waals surface area contributed by atoms with E-state index in [1.165, 1.54) is 6.21 Å². The van der Waals surface area contributed by atoms with Gasteiger partial charge in [0.15, 0.2) is 11.5 Å². The minimum Gasteiger partial charge on any atom is -0.485 e. The van der Waals surface area contributed by atoms with Gasteiger partial charge in [-0.2, -0.15) is 5.10 Å². The maximum absolute atomic E-state index is 12.1. The van der Waals surface area contributed by atoms with E-state index in [0.717, 1.165) is 10.0 Å². The average Bonchev–Trinajstić information content (AvgIpc) is 2.62. The molecule has 0 saturated carbocycles. The standard InChI is InChI=1S/C18H15BrN2O3/c19-14(10-13-6-2-1-3-7-13)11-20-21-18(22)17-12-23-15-8-4-5-9-16(15)24-17/h1-11,17H,12H2,(H,21,22)/b14-10-,20-11-/t17-/m0/s1. The summed E-state index contributed by atoms with van der Waals surface area (Å²) in [6, 6.07) is 17.0. The Morgan fingerprint density at radius 1 is 1.12 bits per heavy atom. The lowest BCUT2D eigenvalue weighted by molar-refractivity contribution is -0.130. The monoisotopic (exact) mass is 386 g/mol. The van der Waals surface area contributed by atoms with E-state index < -0.39 is 6.10 Å². The third-order valence-electron chi connectivity index (χ3n) is 3.27. The van der Waals surface area contributed by atoms with Gasteiger partial charge in [0, 0.05) is 4.48 Å². The van der Waals surface area contributed by atoms with Crippen molar-refractivity contribution >= 4 is 34.1 Å². The van der Waals surface area contributed by atoms with Gasteiger partial charge in [0.05, 0.1) is 6.21 Å². The Morgan fingerprint density at radius 2 is 1.83 bits per heavy atom. The van der Waals surface area contributed by atoms with Crippen LogP contribution < -0.4 is 14.9 Å². The Labute approximate surface area is 148 Å². The van der Waals surface area contributed by atoms with Gasteiger partial charge in [-0.05, 0) is 39.7 Å². The number of para-hydroxylation sites is 2. The van der Waals surface area contributed by atoms with Crippen LogP contribution in [-0.4, -0.2) is 24.8 Å². The van der Waals surface area contributed by atoms with Crippen LogP contribution in [0.25, 0.3) is 6.08 Å². The highest BCUT2D eigenvalue weighted by Gasteiger charge is 2.26. The number of halogens is 1. The minimum atomic E-state index is -0.728. The quantitative estimate of drug-likeness (QED) is 0.647. The second kappa shape index (κ2) is 7.79. The molecule has 24 heavy (non-hydrogen) atoms. The molecular weight excluding hydrogens is 372 g/mol. The Bertz CT molecular complexity index is 775. The summed E-state index contributed by atoms with van der Waals surface area (Å²) in [4.78, 5) is 12.1. The molecule has 0 bridgehead atoms. The molecule has 122 valence electrons. The number of ether oxygens (including phenoxy) is 2. The number of hydrazone groups is 1. The first-order chi connectivity index (χ1) is 11.7. The van der Waals surface area contributed by atoms with Crippen LogP contribution in [0, 0.1) is 0 Å². The van der Waals surface area contributed by atoms with E-state index in [-0.39, 0.29) is 12.5 Å². The van der Waals surface area contributed by atoms with Crippen LogP contribution in [0.5, 0.6) is 11.5 Å². The van der Waals surface area contributed by atoms with Gasteiger partial charge in [0.25, 0.3) is 5.91 Å². The van der Waals surface area contributed by atoms with Crippen LogP contribution in [0.1, 0.15) is 5.56 Å². The highest BCUT2D eigenvalue weighted by molar-refractivity contribution is 9.12. The lowest BCUT2D eigenvalue weighted by Gasteiger charge is -2.24. The Balaban J connectivity index is 1.55. The predicted molar refractivity (Wildman–Crippen MR) is 96.3 cm³/mol. The molecule has 3 rings (SSSR count). The number of carbonyl (C=O) groups is 1. The van der Waals surface area contributed by atoms with E-state index in [4.69, 9.17) is 9.47 Å². The molecule has 1 aliphatic rings. The molecule has 0 spiro atoms. The van der Waals surface area contributed by atoms with Gasteiger partial charge in [0.1, 0.15) is 6.61 Å². The number of hydrogen-bond acceptors (Lipinski definition) is 4. The van der Waals surface area contributed by atoms with Gasteiger partial charge in [0.2, 0.25) is 6.10 Å². The largest absolute Gasteiger partial charge is 0.485 e. The van der Waals surface area contributed by atoms with Crippen LogP contribution in [0.4, 0.5) is 0 Å². The molecule has 2 aromatic carbocycles. The number of nitrogens with zero attached hydrogens (tertiary/aromatic N) is 1.